The van der Waals surface area contributed by atoms with Crippen LogP contribution in [0.15, 0.2) is 64.2 Å². The van der Waals surface area contributed by atoms with E-state index in [0.717, 1.165) is 6.42 Å². The zero-order valence-corrected chi connectivity index (χ0v) is 12.0. The fraction of sp³-hybridized carbons (Fsp3) is 0.125. The molecule has 0 spiro atoms. The van der Waals surface area contributed by atoms with E-state index in [0.29, 0.717) is 0 Å². The highest BCUT2D eigenvalue weighted by molar-refractivity contribution is 14.1. The molecule has 2 aromatic rings. The lowest BCUT2D eigenvalue weighted by molar-refractivity contribution is 1.21. The van der Waals surface area contributed by atoms with Gasteiger partial charge in [-0.05, 0) is 49.3 Å². The molecule has 0 aliphatic rings. The molecule has 0 nitrogen and oxygen atoms in total. The van der Waals surface area contributed by atoms with Gasteiger partial charge in [0.2, 0.25) is 0 Å². The van der Waals surface area contributed by atoms with Crippen LogP contribution in [0.3, 0.4) is 0 Å². The van der Waals surface area contributed by atoms with Crippen LogP contribution in [0.4, 0.5) is 0 Å². The molecule has 0 amide bonds. The number of hydrogen-bond donors (Lipinski definition) is 0. The molecule has 2 rings (SSSR count). The van der Waals surface area contributed by atoms with Crippen LogP contribution in [0.2, 0.25) is 0 Å². The molecule has 17 heavy (non-hydrogen) atoms. The van der Waals surface area contributed by atoms with Gasteiger partial charge in [0.1, 0.15) is 0 Å². The summed E-state index contributed by atoms with van der Waals surface area (Å²) >= 11 is 2.45. The first-order valence-corrected chi connectivity index (χ1v) is 6.90. The van der Waals surface area contributed by atoms with E-state index >= 15 is 0 Å². The molecule has 0 N–H and O–H groups in total. The molecule has 0 aliphatic heterocycles. The highest BCUT2D eigenvalue weighted by Gasteiger charge is 2.07. The molecule has 0 radical (unpaired) electrons. The van der Waals surface area contributed by atoms with Crippen LogP contribution >= 0.6 is 22.6 Å². The molecule has 0 bridgehead atoms. The van der Waals surface area contributed by atoms with Crippen molar-refractivity contribution in [2.45, 2.75) is 13.3 Å². The Morgan fingerprint density at radius 1 is 0.824 bits per heavy atom. The van der Waals surface area contributed by atoms with E-state index in [9.17, 15) is 0 Å². The first-order valence-electron chi connectivity index (χ1n) is 5.82. The molecule has 0 aromatic heterocycles. The summed E-state index contributed by atoms with van der Waals surface area (Å²) in [5.41, 5.74) is 3.95. The molecular weight excluding hydrogens is 319 g/mol. The van der Waals surface area contributed by atoms with Crippen LogP contribution < -0.4 is 0 Å². The van der Waals surface area contributed by atoms with E-state index in [1.807, 2.05) is 0 Å². The van der Waals surface area contributed by atoms with Crippen molar-refractivity contribution < 1.29 is 0 Å². The first-order chi connectivity index (χ1) is 8.33. The van der Waals surface area contributed by atoms with Crippen molar-refractivity contribution in [3.63, 3.8) is 0 Å². The lowest BCUT2D eigenvalue weighted by Crippen LogP contribution is -1.89. The lowest BCUT2D eigenvalue weighted by Gasteiger charge is -2.11. The van der Waals surface area contributed by atoms with Crippen molar-refractivity contribution in [3.05, 3.63) is 75.4 Å². The third-order valence-electron chi connectivity index (χ3n) is 2.71. The number of rotatable bonds is 3. The minimum Gasteiger partial charge on any atom is -0.0622 e. The largest absolute Gasteiger partial charge is 0.0622 e. The maximum absolute atomic E-state index is 2.45. The van der Waals surface area contributed by atoms with Gasteiger partial charge in [0.25, 0.3) is 0 Å². The molecule has 0 atom stereocenters. The Labute approximate surface area is 117 Å². The third kappa shape index (κ3) is 2.97. The number of allylic oxidation sites excluding steroid dienone is 1. The van der Waals surface area contributed by atoms with Crippen LogP contribution in [0.1, 0.15) is 24.5 Å². The second-order valence-electron chi connectivity index (χ2n) is 3.87. The Morgan fingerprint density at radius 3 is 1.59 bits per heavy atom. The number of benzene rings is 2. The van der Waals surface area contributed by atoms with Gasteiger partial charge in [-0.15, -0.1) is 0 Å². The summed E-state index contributed by atoms with van der Waals surface area (Å²) < 4.78 is 1.40. The van der Waals surface area contributed by atoms with Gasteiger partial charge in [-0.25, -0.2) is 0 Å². The SMILES string of the molecule is CCC(I)=C(c1ccccc1)c1ccccc1. The Balaban J connectivity index is 2.56. The van der Waals surface area contributed by atoms with E-state index < -0.39 is 0 Å². The highest BCUT2D eigenvalue weighted by Crippen LogP contribution is 2.31. The zero-order valence-electron chi connectivity index (χ0n) is 9.86. The van der Waals surface area contributed by atoms with E-state index in [4.69, 9.17) is 0 Å². The first kappa shape index (κ1) is 12.4. The summed E-state index contributed by atoms with van der Waals surface area (Å²) in [5, 5.41) is 0. The maximum Gasteiger partial charge on any atom is -0.00124 e. The van der Waals surface area contributed by atoms with Gasteiger partial charge in [-0.2, -0.15) is 0 Å². The predicted molar refractivity (Wildman–Crippen MR) is 83.2 cm³/mol. The summed E-state index contributed by atoms with van der Waals surface area (Å²) in [6, 6.07) is 21.2. The van der Waals surface area contributed by atoms with E-state index in [-0.39, 0.29) is 0 Å². The summed E-state index contributed by atoms with van der Waals surface area (Å²) in [7, 11) is 0. The average molecular weight is 334 g/mol. The topological polar surface area (TPSA) is 0 Å². The highest BCUT2D eigenvalue weighted by atomic mass is 127. The molecule has 2 aromatic carbocycles. The van der Waals surface area contributed by atoms with Gasteiger partial charge in [0.15, 0.2) is 0 Å². The van der Waals surface area contributed by atoms with E-state index in [1.54, 1.807) is 0 Å². The van der Waals surface area contributed by atoms with E-state index in [1.165, 1.54) is 20.3 Å². The Kier molecular flexibility index (Phi) is 4.37. The fourth-order valence-corrected chi connectivity index (χ4v) is 2.49. The van der Waals surface area contributed by atoms with Crippen LogP contribution in [0.25, 0.3) is 5.57 Å². The number of hydrogen-bond acceptors (Lipinski definition) is 0. The van der Waals surface area contributed by atoms with Crippen molar-refractivity contribution in [1.29, 1.82) is 0 Å². The zero-order chi connectivity index (χ0) is 12.1. The minimum absolute atomic E-state index is 1.07. The molecule has 0 saturated heterocycles. The normalized spacial score (nSPS) is 10.0. The second kappa shape index (κ2) is 6.01. The molecular formula is C16H15I. The standard InChI is InChI=1S/C16H15I/c1-2-15(17)16(13-9-5-3-6-10-13)14-11-7-4-8-12-14/h3-12H,2H2,1H3. The Bertz CT molecular complexity index is 456. The van der Waals surface area contributed by atoms with Crippen molar-refractivity contribution in [3.8, 4) is 0 Å². The van der Waals surface area contributed by atoms with Crippen molar-refractivity contribution in [2.75, 3.05) is 0 Å². The molecule has 0 heterocycles. The van der Waals surface area contributed by atoms with E-state index in [2.05, 4.69) is 90.2 Å². The van der Waals surface area contributed by atoms with Crippen molar-refractivity contribution in [2.24, 2.45) is 0 Å². The third-order valence-corrected chi connectivity index (χ3v) is 4.01. The second-order valence-corrected chi connectivity index (χ2v) is 5.17. The van der Waals surface area contributed by atoms with Gasteiger partial charge in [0.05, 0.1) is 0 Å². The van der Waals surface area contributed by atoms with Gasteiger partial charge in [-0.3, -0.25) is 0 Å². The number of halogens is 1. The fourth-order valence-electron chi connectivity index (χ4n) is 1.87. The molecule has 0 aliphatic carbocycles. The molecule has 1 heteroatoms. The summed E-state index contributed by atoms with van der Waals surface area (Å²) in [6.07, 6.45) is 1.07. The summed E-state index contributed by atoms with van der Waals surface area (Å²) in [6.45, 7) is 2.20. The molecule has 0 fully saturated rings. The molecule has 0 saturated carbocycles. The van der Waals surface area contributed by atoms with Crippen LogP contribution in [-0.4, -0.2) is 0 Å². The quantitative estimate of drug-likeness (QED) is 0.669. The van der Waals surface area contributed by atoms with Crippen LogP contribution in [0, 0.1) is 0 Å². The monoisotopic (exact) mass is 334 g/mol. The predicted octanol–water partition coefficient (Wildman–Crippen LogP) is 5.29. The van der Waals surface area contributed by atoms with Crippen LogP contribution in [-0.2, 0) is 0 Å². The van der Waals surface area contributed by atoms with Crippen LogP contribution in [0.5, 0.6) is 0 Å². The smallest absolute Gasteiger partial charge is 0.00124 e. The lowest BCUT2D eigenvalue weighted by atomic mass is 9.97. The summed E-state index contributed by atoms with van der Waals surface area (Å²) in [4.78, 5) is 0. The summed E-state index contributed by atoms with van der Waals surface area (Å²) in [5.74, 6) is 0. The maximum atomic E-state index is 2.45. The van der Waals surface area contributed by atoms with Gasteiger partial charge in [0, 0.05) is 0 Å². The van der Waals surface area contributed by atoms with Crippen molar-refractivity contribution in [1.82, 2.24) is 0 Å². The Morgan fingerprint density at radius 2 is 1.24 bits per heavy atom. The Hall–Kier alpha value is -1.09. The average Bonchev–Trinajstić information content (AvgIpc) is 2.41. The minimum atomic E-state index is 1.07. The molecule has 0 unspecified atom stereocenters. The van der Waals surface area contributed by atoms with Gasteiger partial charge in [-0.1, -0.05) is 67.6 Å². The molecule has 86 valence electrons. The van der Waals surface area contributed by atoms with Gasteiger partial charge < -0.3 is 0 Å². The van der Waals surface area contributed by atoms with Crippen molar-refractivity contribution >= 4 is 28.2 Å². The van der Waals surface area contributed by atoms with Gasteiger partial charge >= 0.3 is 0 Å².